The summed E-state index contributed by atoms with van der Waals surface area (Å²) in [4.78, 5) is 0. The van der Waals surface area contributed by atoms with E-state index in [1.54, 1.807) is 0 Å². The van der Waals surface area contributed by atoms with Crippen LogP contribution < -0.4 is 0 Å². The molecular formula is C8H14O3. The molecule has 0 aromatic carbocycles. The van der Waals surface area contributed by atoms with Crippen LogP contribution in [0.2, 0.25) is 0 Å². The first-order chi connectivity index (χ1) is 5.29. The molecule has 4 atom stereocenters. The van der Waals surface area contributed by atoms with Gasteiger partial charge in [0.2, 0.25) is 0 Å². The Kier molecular flexibility index (Phi) is 1.87. The van der Waals surface area contributed by atoms with Gasteiger partial charge in [-0.25, -0.2) is 0 Å². The normalized spacial score (nSPS) is 50.7. The molecule has 0 bridgehead atoms. The van der Waals surface area contributed by atoms with Crippen molar-refractivity contribution in [1.29, 1.82) is 0 Å². The van der Waals surface area contributed by atoms with Gasteiger partial charge in [0.15, 0.2) is 0 Å². The number of epoxide rings is 1. The van der Waals surface area contributed by atoms with E-state index in [0.29, 0.717) is 6.42 Å². The summed E-state index contributed by atoms with van der Waals surface area (Å²) >= 11 is 0. The first-order valence-corrected chi connectivity index (χ1v) is 4.30. The maximum Gasteiger partial charge on any atom is 0.112 e. The number of fused-ring (bicyclic) bond motifs is 1. The van der Waals surface area contributed by atoms with E-state index in [2.05, 4.69) is 0 Å². The highest BCUT2D eigenvalue weighted by Crippen LogP contribution is 2.34. The average Bonchev–Trinajstić information content (AvgIpc) is 2.73. The number of aliphatic hydroxyl groups is 2. The Morgan fingerprint density at radius 1 is 1.09 bits per heavy atom. The van der Waals surface area contributed by atoms with Crippen LogP contribution in [0.3, 0.4) is 0 Å². The van der Waals surface area contributed by atoms with E-state index < -0.39 is 12.2 Å². The largest absolute Gasteiger partial charge is 0.390 e. The molecule has 1 aliphatic carbocycles. The maximum atomic E-state index is 9.42. The summed E-state index contributed by atoms with van der Waals surface area (Å²) in [5.41, 5.74) is 0. The van der Waals surface area contributed by atoms with E-state index >= 15 is 0 Å². The van der Waals surface area contributed by atoms with E-state index in [4.69, 9.17) is 4.74 Å². The highest BCUT2D eigenvalue weighted by Gasteiger charge is 2.47. The number of rotatable bonds is 0. The quantitative estimate of drug-likeness (QED) is 0.490. The van der Waals surface area contributed by atoms with Gasteiger partial charge in [-0.05, 0) is 12.8 Å². The first-order valence-electron chi connectivity index (χ1n) is 4.30. The predicted octanol–water partition coefficient (Wildman–Crippen LogP) is 0.0496. The van der Waals surface area contributed by atoms with Crippen LogP contribution in [0.4, 0.5) is 0 Å². The van der Waals surface area contributed by atoms with Gasteiger partial charge in [0.05, 0.1) is 12.2 Å². The van der Waals surface area contributed by atoms with Crippen molar-refractivity contribution in [3.63, 3.8) is 0 Å². The van der Waals surface area contributed by atoms with Crippen molar-refractivity contribution >= 4 is 0 Å². The van der Waals surface area contributed by atoms with Crippen LogP contribution in [-0.4, -0.2) is 34.6 Å². The fraction of sp³-hybridized carbons (Fsp3) is 1.00. The SMILES string of the molecule is OC1CCCCC2OC2C1O. The zero-order chi connectivity index (χ0) is 7.84. The summed E-state index contributed by atoms with van der Waals surface area (Å²) in [5, 5.41) is 18.8. The molecule has 3 heteroatoms. The van der Waals surface area contributed by atoms with Crippen molar-refractivity contribution < 1.29 is 14.9 Å². The van der Waals surface area contributed by atoms with Crippen molar-refractivity contribution in [3.05, 3.63) is 0 Å². The molecule has 0 aromatic rings. The second-order valence-electron chi connectivity index (χ2n) is 3.48. The Hall–Kier alpha value is -0.120. The molecular weight excluding hydrogens is 144 g/mol. The van der Waals surface area contributed by atoms with Crippen molar-refractivity contribution in [1.82, 2.24) is 0 Å². The molecule has 0 spiro atoms. The van der Waals surface area contributed by atoms with Crippen LogP contribution in [0.15, 0.2) is 0 Å². The summed E-state index contributed by atoms with van der Waals surface area (Å²) in [6.07, 6.45) is 2.86. The Morgan fingerprint density at radius 2 is 1.82 bits per heavy atom. The lowest BCUT2D eigenvalue weighted by Crippen LogP contribution is -2.33. The highest BCUT2D eigenvalue weighted by molar-refractivity contribution is 4.95. The van der Waals surface area contributed by atoms with Crippen LogP contribution in [-0.2, 0) is 4.74 Å². The van der Waals surface area contributed by atoms with Crippen molar-refractivity contribution in [3.8, 4) is 0 Å². The van der Waals surface area contributed by atoms with Crippen molar-refractivity contribution in [2.45, 2.75) is 50.1 Å². The fourth-order valence-electron chi connectivity index (χ4n) is 1.78. The molecule has 1 heterocycles. The molecule has 0 radical (unpaired) electrons. The van der Waals surface area contributed by atoms with Gasteiger partial charge < -0.3 is 14.9 Å². The molecule has 2 N–H and O–H groups in total. The second kappa shape index (κ2) is 2.73. The summed E-state index contributed by atoms with van der Waals surface area (Å²) in [6.45, 7) is 0. The molecule has 2 rings (SSSR count). The smallest absolute Gasteiger partial charge is 0.112 e. The molecule has 2 aliphatic rings. The summed E-state index contributed by atoms with van der Waals surface area (Å²) in [6, 6.07) is 0. The molecule has 1 saturated heterocycles. The molecule has 64 valence electrons. The zero-order valence-electron chi connectivity index (χ0n) is 6.44. The Labute approximate surface area is 66.0 Å². The van der Waals surface area contributed by atoms with Crippen LogP contribution in [0.1, 0.15) is 25.7 Å². The molecule has 1 aliphatic heterocycles. The zero-order valence-corrected chi connectivity index (χ0v) is 6.44. The molecule has 11 heavy (non-hydrogen) atoms. The average molecular weight is 158 g/mol. The Morgan fingerprint density at radius 3 is 2.64 bits per heavy atom. The lowest BCUT2D eigenvalue weighted by atomic mass is 9.96. The van der Waals surface area contributed by atoms with E-state index in [9.17, 15) is 10.2 Å². The third kappa shape index (κ3) is 1.41. The molecule has 0 amide bonds. The summed E-state index contributed by atoms with van der Waals surface area (Å²) < 4.78 is 5.21. The molecule has 2 fully saturated rings. The second-order valence-corrected chi connectivity index (χ2v) is 3.48. The van der Waals surface area contributed by atoms with Crippen molar-refractivity contribution in [2.24, 2.45) is 0 Å². The van der Waals surface area contributed by atoms with E-state index in [1.165, 1.54) is 0 Å². The van der Waals surface area contributed by atoms with Gasteiger partial charge in [-0.15, -0.1) is 0 Å². The minimum absolute atomic E-state index is 0.0645. The number of hydrogen-bond acceptors (Lipinski definition) is 3. The number of hydrogen-bond donors (Lipinski definition) is 2. The third-order valence-corrected chi connectivity index (χ3v) is 2.59. The van der Waals surface area contributed by atoms with E-state index in [1.807, 2.05) is 0 Å². The van der Waals surface area contributed by atoms with Gasteiger partial charge in [0, 0.05) is 0 Å². The van der Waals surface area contributed by atoms with E-state index in [0.717, 1.165) is 19.3 Å². The Bertz CT molecular complexity index is 146. The van der Waals surface area contributed by atoms with E-state index in [-0.39, 0.29) is 12.2 Å². The van der Waals surface area contributed by atoms with Gasteiger partial charge >= 0.3 is 0 Å². The van der Waals surface area contributed by atoms with Crippen molar-refractivity contribution in [2.75, 3.05) is 0 Å². The maximum absolute atomic E-state index is 9.42. The van der Waals surface area contributed by atoms with Gasteiger partial charge in [0.25, 0.3) is 0 Å². The van der Waals surface area contributed by atoms with Gasteiger partial charge in [-0.2, -0.15) is 0 Å². The number of ether oxygens (including phenoxy) is 1. The lowest BCUT2D eigenvalue weighted by molar-refractivity contribution is -0.00326. The highest BCUT2D eigenvalue weighted by atomic mass is 16.6. The van der Waals surface area contributed by atoms with Crippen LogP contribution in [0.5, 0.6) is 0 Å². The lowest BCUT2D eigenvalue weighted by Gasteiger charge is -2.17. The van der Waals surface area contributed by atoms with Crippen LogP contribution in [0, 0.1) is 0 Å². The van der Waals surface area contributed by atoms with Gasteiger partial charge in [-0.3, -0.25) is 0 Å². The fourth-order valence-corrected chi connectivity index (χ4v) is 1.78. The monoisotopic (exact) mass is 158 g/mol. The minimum Gasteiger partial charge on any atom is -0.390 e. The van der Waals surface area contributed by atoms with Crippen LogP contribution >= 0.6 is 0 Å². The van der Waals surface area contributed by atoms with Gasteiger partial charge in [0.1, 0.15) is 12.2 Å². The third-order valence-electron chi connectivity index (χ3n) is 2.59. The first kappa shape index (κ1) is 7.53. The predicted molar refractivity (Wildman–Crippen MR) is 39.1 cm³/mol. The minimum atomic E-state index is -0.639. The Balaban J connectivity index is 1.95. The molecule has 0 aromatic heterocycles. The standard InChI is InChI=1S/C8H14O3/c9-5-3-1-2-4-6-8(11-6)7(5)10/h5-10H,1-4H2. The molecule has 4 unspecified atom stereocenters. The van der Waals surface area contributed by atoms with Crippen LogP contribution in [0.25, 0.3) is 0 Å². The molecule has 1 saturated carbocycles. The molecule has 3 nitrogen and oxygen atoms in total. The topological polar surface area (TPSA) is 53.0 Å². The van der Waals surface area contributed by atoms with Gasteiger partial charge in [-0.1, -0.05) is 12.8 Å². The summed E-state index contributed by atoms with van der Waals surface area (Å²) in [5.74, 6) is 0. The number of aliphatic hydroxyl groups excluding tert-OH is 2. The summed E-state index contributed by atoms with van der Waals surface area (Å²) in [7, 11) is 0.